The Balaban J connectivity index is 2.35. The van der Waals surface area contributed by atoms with Crippen LogP contribution in [-0.2, 0) is 13.6 Å². The second-order valence-corrected chi connectivity index (χ2v) is 3.75. The van der Waals surface area contributed by atoms with Crippen LogP contribution in [0, 0.1) is 0 Å². The molecule has 0 atom stereocenters. The van der Waals surface area contributed by atoms with Crippen molar-refractivity contribution in [1.29, 1.82) is 0 Å². The van der Waals surface area contributed by atoms with Gasteiger partial charge in [0, 0.05) is 5.21 Å². The summed E-state index contributed by atoms with van der Waals surface area (Å²) in [5.41, 5.74) is 12.3. The Hall–Kier alpha value is -2.37. The van der Waals surface area contributed by atoms with Gasteiger partial charge in [0.2, 0.25) is 0 Å². The van der Waals surface area contributed by atoms with Gasteiger partial charge in [0.25, 0.3) is 17.4 Å². The van der Waals surface area contributed by atoms with Crippen LogP contribution in [0.3, 0.4) is 0 Å². The molecule has 0 radical (unpaired) electrons. The van der Waals surface area contributed by atoms with Gasteiger partial charge in [-0.1, -0.05) is 30.3 Å². The molecule has 0 bridgehead atoms. The molecule has 0 aliphatic heterocycles. The highest BCUT2D eigenvalue weighted by atomic mass is 16.1. The molecule has 1 heterocycles. The zero-order valence-electron chi connectivity index (χ0n) is 9.50. The van der Waals surface area contributed by atoms with Crippen molar-refractivity contribution in [3.8, 4) is 0 Å². The minimum atomic E-state index is -0.579. The second kappa shape index (κ2) is 4.25. The molecule has 1 aromatic carbocycles. The van der Waals surface area contributed by atoms with Crippen LogP contribution in [-0.4, -0.2) is 15.8 Å². The van der Waals surface area contributed by atoms with Gasteiger partial charge in [-0.2, -0.15) is 4.68 Å². The summed E-state index contributed by atoms with van der Waals surface area (Å²) in [6.07, 6.45) is 0. The molecule has 4 N–H and O–H groups in total. The zero-order valence-corrected chi connectivity index (χ0v) is 9.50. The standard InChI is InChI=1S/C11H13N5O/c1-15-9(11(13)17)10(12)16(14-15)7-8-5-3-2-4-6-8/h2-6H,7H2,1H3,(H3-,12,13,14,17)/p+1. The molecule has 88 valence electrons. The number of rotatable bonds is 3. The normalized spacial score (nSPS) is 10.4. The van der Waals surface area contributed by atoms with Crippen molar-refractivity contribution >= 4 is 11.7 Å². The maximum absolute atomic E-state index is 11.2. The Labute approximate surface area is 98.4 Å². The summed E-state index contributed by atoms with van der Waals surface area (Å²) < 4.78 is 2.94. The molecule has 0 unspecified atom stereocenters. The van der Waals surface area contributed by atoms with E-state index < -0.39 is 5.91 Å². The fraction of sp³-hybridized carbons (Fsp3) is 0.182. The van der Waals surface area contributed by atoms with Crippen molar-refractivity contribution in [3.63, 3.8) is 0 Å². The van der Waals surface area contributed by atoms with Crippen molar-refractivity contribution < 1.29 is 9.48 Å². The number of aryl methyl sites for hydroxylation is 1. The first-order valence-corrected chi connectivity index (χ1v) is 5.16. The number of carbonyl (C=O) groups is 1. The highest BCUT2D eigenvalue weighted by molar-refractivity contribution is 5.94. The van der Waals surface area contributed by atoms with E-state index in [9.17, 15) is 4.79 Å². The van der Waals surface area contributed by atoms with Gasteiger partial charge >= 0.3 is 0 Å². The lowest BCUT2D eigenvalue weighted by atomic mass is 10.2. The summed E-state index contributed by atoms with van der Waals surface area (Å²) in [5.74, 6) is -0.298. The molecule has 0 fully saturated rings. The van der Waals surface area contributed by atoms with Gasteiger partial charge in [-0.3, -0.25) is 4.79 Å². The number of primary amides is 1. The zero-order chi connectivity index (χ0) is 12.4. The molecule has 0 spiro atoms. The lowest BCUT2D eigenvalue weighted by molar-refractivity contribution is -0.734. The quantitative estimate of drug-likeness (QED) is 0.695. The van der Waals surface area contributed by atoms with E-state index in [1.54, 1.807) is 11.7 Å². The largest absolute Gasteiger partial charge is 0.363 e. The molecule has 0 saturated carbocycles. The van der Waals surface area contributed by atoms with E-state index in [4.69, 9.17) is 11.5 Å². The number of nitrogens with zero attached hydrogens (tertiary/aromatic N) is 3. The van der Waals surface area contributed by atoms with Crippen molar-refractivity contribution in [1.82, 2.24) is 9.90 Å². The van der Waals surface area contributed by atoms with Crippen molar-refractivity contribution in [2.24, 2.45) is 12.8 Å². The van der Waals surface area contributed by atoms with E-state index in [0.717, 1.165) is 5.56 Å². The molecule has 1 aromatic heterocycles. The fourth-order valence-corrected chi connectivity index (χ4v) is 1.70. The number of nitrogens with two attached hydrogens (primary N) is 2. The Bertz CT molecular complexity index is 546. The van der Waals surface area contributed by atoms with Crippen LogP contribution in [0.15, 0.2) is 30.3 Å². The number of amides is 1. The first-order chi connectivity index (χ1) is 8.09. The van der Waals surface area contributed by atoms with Gasteiger partial charge in [0.15, 0.2) is 0 Å². The van der Waals surface area contributed by atoms with Gasteiger partial charge in [-0.15, -0.1) is 4.68 Å². The van der Waals surface area contributed by atoms with Crippen molar-refractivity contribution in [2.75, 3.05) is 5.73 Å². The van der Waals surface area contributed by atoms with Crippen LogP contribution in [0.5, 0.6) is 0 Å². The second-order valence-electron chi connectivity index (χ2n) is 3.75. The predicted octanol–water partition coefficient (Wildman–Crippen LogP) is -0.563. The monoisotopic (exact) mass is 232 g/mol. The third-order valence-corrected chi connectivity index (χ3v) is 2.49. The molecular weight excluding hydrogens is 218 g/mol. The smallest absolute Gasteiger partial charge is 0.289 e. The predicted molar refractivity (Wildman–Crippen MR) is 61.9 cm³/mol. The Morgan fingerprint density at radius 1 is 1.41 bits per heavy atom. The van der Waals surface area contributed by atoms with Crippen LogP contribution in [0.1, 0.15) is 16.1 Å². The third kappa shape index (κ3) is 2.10. The maximum atomic E-state index is 11.2. The molecule has 1 amide bonds. The molecule has 0 saturated heterocycles. The average molecular weight is 232 g/mol. The third-order valence-electron chi connectivity index (χ3n) is 2.49. The SMILES string of the molecule is Cn1n[n+](Cc2ccccc2)c(N)c1C(N)=O. The number of anilines is 1. The molecule has 0 aliphatic carbocycles. The molecule has 2 aromatic rings. The van der Waals surface area contributed by atoms with Crippen LogP contribution in [0.4, 0.5) is 5.82 Å². The van der Waals surface area contributed by atoms with Crippen molar-refractivity contribution in [3.05, 3.63) is 41.6 Å². The van der Waals surface area contributed by atoms with Gasteiger partial charge in [-0.25, -0.2) is 0 Å². The molecule has 0 aliphatic rings. The highest BCUT2D eigenvalue weighted by Crippen LogP contribution is 2.05. The Morgan fingerprint density at radius 2 is 2.06 bits per heavy atom. The molecule has 6 heteroatoms. The van der Waals surface area contributed by atoms with Crippen LogP contribution in [0.2, 0.25) is 0 Å². The van der Waals surface area contributed by atoms with E-state index in [0.29, 0.717) is 6.54 Å². The fourth-order valence-electron chi connectivity index (χ4n) is 1.70. The summed E-state index contributed by atoms with van der Waals surface area (Å²) in [5, 5.41) is 4.13. The van der Waals surface area contributed by atoms with Crippen LogP contribution < -0.4 is 16.1 Å². The number of carbonyl (C=O) groups excluding carboxylic acids is 1. The Kier molecular flexibility index (Phi) is 2.78. The van der Waals surface area contributed by atoms with E-state index in [2.05, 4.69) is 5.21 Å². The first kappa shape index (κ1) is 11.1. The molecular formula is C11H14N5O+. The molecule has 6 nitrogen and oxygen atoms in total. The lowest BCUT2D eigenvalue weighted by Gasteiger charge is -1.97. The average Bonchev–Trinajstić information content (AvgIpc) is 2.55. The summed E-state index contributed by atoms with van der Waals surface area (Å²) in [6.45, 7) is 0.508. The maximum Gasteiger partial charge on any atom is 0.289 e. The van der Waals surface area contributed by atoms with Gasteiger partial charge in [0.1, 0.15) is 6.54 Å². The highest BCUT2D eigenvalue weighted by Gasteiger charge is 2.23. The van der Waals surface area contributed by atoms with Gasteiger partial charge in [-0.05, 0) is 5.56 Å². The number of hydrogen-bond acceptors (Lipinski definition) is 3. The minimum Gasteiger partial charge on any atom is -0.363 e. The topological polar surface area (TPSA) is 90.8 Å². The summed E-state index contributed by atoms with van der Waals surface area (Å²) in [4.78, 5) is 11.2. The molecule has 2 rings (SSSR count). The first-order valence-electron chi connectivity index (χ1n) is 5.16. The van der Waals surface area contributed by atoms with Crippen LogP contribution in [0.25, 0.3) is 0 Å². The van der Waals surface area contributed by atoms with Crippen LogP contribution >= 0.6 is 0 Å². The molecule has 17 heavy (non-hydrogen) atoms. The van der Waals surface area contributed by atoms with E-state index in [-0.39, 0.29) is 11.5 Å². The number of benzene rings is 1. The number of nitrogen functional groups attached to an aromatic ring is 1. The van der Waals surface area contributed by atoms with E-state index in [1.807, 2.05) is 30.3 Å². The van der Waals surface area contributed by atoms with E-state index >= 15 is 0 Å². The van der Waals surface area contributed by atoms with Gasteiger partial charge in [0.05, 0.1) is 7.05 Å². The summed E-state index contributed by atoms with van der Waals surface area (Å²) >= 11 is 0. The number of aromatic nitrogens is 3. The minimum absolute atomic E-state index is 0.223. The summed E-state index contributed by atoms with van der Waals surface area (Å²) in [7, 11) is 1.64. The van der Waals surface area contributed by atoms with E-state index in [1.165, 1.54) is 4.68 Å². The van der Waals surface area contributed by atoms with Gasteiger partial charge < -0.3 is 11.5 Å². The lowest BCUT2D eigenvalue weighted by Crippen LogP contribution is -2.39. The van der Waals surface area contributed by atoms with Crippen molar-refractivity contribution in [2.45, 2.75) is 6.54 Å². The summed E-state index contributed by atoms with van der Waals surface area (Å²) in [6, 6.07) is 9.73. The Morgan fingerprint density at radius 3 is 2.59 bits per heavy atom. The number of hydrogen-bond donors (Lipinski definition) is 2.